The zero-order chi connectivity index (χ0) is 32.9. The van der Waals surface area contributed by atoms with Crippen LogP contribution >= 0.6 is 23.2 Å². The maximum atomic E-state index is 13.2. The van der Waals surface area contributed by atoms with Gasteiger partial charge in [0.1, 0.15) is 5.75 Å². The third-order valence-electron chi connectivity index (χ3n) is 6.08. The number of hydrogen-bond acceptors (Lipinski definition) is 8. The second-order valence-electron chi connectivity index (χ2n) is 9.79. The van der Waals surface area contributed by atoms with Gasteiger partial charge in [-0.1, -0.05) is 29.6 Å². The number of halogens is 5. The molecule has 2 aromatic carbocycles. The zero-order valence-electron chi connectivity index (χ0n) is 23.4. The summed E-state index contributed by atoms with van der Waals surface area (Å²) in [7, 11) is -8.13. The fourth-order valence-electron chi connectivity index (χ4n) is 4.18. The maximum Gasteiger partial charge on any atom is 0.390 e. The van der Waals surface area contributed by atoms with E-state index in [1.54, 1.807) is 19.1 Å². The average Bonchev–Trinajstić information content (AvgIpc) is 3.24. The zero-order valence-corrected chi connectivity index (χ0v) is 26.6. The fourth-order valence-corrected chi connectivity index (χ4v) is 5.64. The van der Waals surface area contributed by atoms with Crippen molar-refractivity contribution in [3.8, 4) is 22.7 Å². The molecule has 1 amide bonds. The fraction of sp³-hybridized carbons (Fsp3) is 0.385. The van der Waals surface area contributed by atoms with Gasteiger partial charge in [0.15, 0.2) is 5.69 Å². The number of carbonyl (C=O) groups excluding carboxylic acids is 1. The van der Waals surface area contributed by atoms with Crippen LogP contribution in [0.3, 0.4) is 0 Å². The predicted octanol–water partition coefficient (Wildman–Crippen LogP) is 5.45. The van der Waals surface area contributed by atoms with E-state index in [4.69, 9.17) is 31.9 Å². The molecule has 1 aromatic heterocycles. The van der Waals surface area contributed by atoms with E-state index in [0.29, 0.717) is 33.8 Å². The molecule has 11 nitrogen and oxygen atoms in total. The molecule has 1 aliphatic rings. The number of nitrogens with one attached hydrogen (secondary N) is 1. The Morgan fingerprint density at radius 1 is 1.05 bits per heavy atom. The molecule has 242 valence electrons. The molecule has 0 radical (unpaired) electrons. The van der Waals surface area contributed by atoms with Gasteiger partial charge in [0.25, 0.3) is 16.0 Å². The third-order valence-corrected chi connectivity index (χ3v) is 7.77. The molecule has 2 heterocycles. The minimum atomic E-state index is -4.63. The van der Waals surface area contributed by atoms with Gasteiger partial charge in [0.05, 0.1) is 34.8 Å². The standard InChI is InChI=1S/C25H25Cl2F3N4O4S.CH4O3S/c1-16-22(24(35)32-33-12-3-2-4-13-33)31-34(21-10-7-18(26)15-20(21)27)23(16)17-5-8-19(9-6-17)38-39(36,37)14-11-25(28,29)30;1-5(2,3)4/h5-10,15H,2-4,11-14H2,1H3,(H,32,35);1H3,(H,2,3,4). The van der Waals surface area contributed by atoms with E-state index in [9.17, 15) is 34.8 Å². The van der Waals surface area contributed by atoms with E-state index in [0.717, 1.165) is 32.4 Å². The lowest BCUT2D eigenvalue weighted by Crippen LogP contribution is -2.45. The molecule has 44 heavy (non-hydrogen) atoms. The first-order valence-corrected chi connectivity index (χ1v) is 17.1. The van der Waals surface area contributed by atoms with Crippen LogP contribution in [0.1, 0.15) is 41.7 Å². The Hall–Kier alpha value is -2.89. The maximum absolute atomic E-state index is 13.2. The molecule has 1 saturated heterocycles. The Labute approximate surface area is 262 Å². The lowest BCUT2D eigenvalue weighted by Gasteiger charge is -2.26. The number of alkyl halides is 3. The van der Waals surface area contributed by atoms with Gasteiger partial charge in [-0.3, -0.25) is 14.8 Å². The smallest absolute Gasteiger partial charge is 0.382 e. The van der Waals surface area contributed by atoms with Gasteiger partial charge < -0.3 is 4.18 Å². The summed E-state index contributed by atoms with van der Waals surface area (Å²) < 4.78 is 93.5. The summed E-state index contributed by atoms with van der Waals surface area (Å²) in [5.74, 6) is -1.75. The molecule has 1 aliphatic heterocycles. The number of carbonyl (C=O) groups is 1. The van der Waals surface area contributed by atoms with Crippen molar-refractivity contribution < 1.29 is 43.5 Å². The number of piperidine rings is 1. The van der Waals surface area contributed by atoms with E-state index in [1.807, 2.05) is 5.01 Å². The highest BCUT2D eigenvalue weighted by atomic mass is 35.5. The highest BCUT2D eigenvalue weighted by molar-refractivity contribution is 7.87. The molecule has 0 unspecified atom stereocenters. The third kappa shape index (κ3) is 10.9. The summed E-state index contributed by atoms with van der Waals surface area (Å²) in [6, 6.07) is 10.5. The molecule has 0 bridgehead atoms. The number of nitrogens with zero attached hydrogens (tertiary/aromatic N) is 3. The molecule has 18 heteroatoms. The van der Waals surface area contributed by atoms with E-state index in [1.165, 1.54) is 35.0 Å². The Morgan fingerprint density at radius 3 is 2.18 bits per heavy atom. The van der Waals surface area contributed by atoms with Crippen LogP contribution in [0.4, 0.5) is 13.2 Å². The van der Waals surface area contributed by atoms with Gasteiger partial charge in [-0.2, -0.15) is 35.1 Å². The first kappa shape index (κ1) is 35.6. The summed E-state index contributed by atoms with van der Waals surface area (Å²) >= 11 is 12.5. The number of amides is 1. The molecule has 3 aromatic rings. The minimum absolute atomic E-state index is 0.155. The highest BCUT2D eigenvalue weighted by Gasteiger charge is 2.31. The summed E-state index contributed by atoms with van der Waals surface area (Å²) in [4.78, 5) is 13.2. The molecule has 0 spiro atoms. The van der Waals surface area contributed by atoms with Crippen LogP contribution in [0.25, 0.3) is 16.9 Å². The molecule has 1 fully saturated rings. The van der Waals surface area contributed by atoms with Crippen molar-refractivity contribution in [1.82, 2.24) is 20.2 Å². The van der Waals surface area contributed by atoms with Gasteiger partial charge in [0.2, 0.25) is 0 Å². The van der Waals surface area contributed by atoms with Crippen molar-refractivity contribution in [3.63, 3.8) is 0 Å². The second kappa shape index (κ2) is 14.5. The molecule has 4 rings (SSSR count). The van der Waals surface area contributed by atoms with Crippen LogP contribution < -0.4 is 9.61 Å². The van der Waals surface area contributed by atoms with Crippen molar-refractivity contribution in [2.75, 3.05) is 25.1 Å². The van der Waals surface area contributed by atoms with Crippen LogP contribution in [0.5, 0.6) is 5.75 Å². The molecule has 0 atom stereocenters. The molecular weight excluding hydrogens is 672 g/mol. The molecule has 2 N–H and O–H groups in total. The number of hydrogen-bond donors (Lipinski definition) is 2. The van der Waals surface area contributed by atoms with E-state index in [2.05, 4.69) is 10.5 Å². The monoisotopic (exact) mass is 700 g/mol. The van der Waals surface area contributed by atoms with Crippen LogP contribution in [0.2, 0.25) is 10.0 Å². The lowest BCUT2D eigenvalue weighted by atomic mass is 10.1. The number of hydrazine groups is 1. The number of aromatic nitrogens is 2. The highest BCUT2D eigenvalue weighted by Crippen LogP contribution is 2.34. The Morgan fingerprint density at radius 2 is 1.64 bits per heavy atom. The Bertz CT molecular complexity index is 1690. The van der Waals surface area contributed by atoms with Crippen molar-refractivity contribution >= 4 is 49.3 Å². The first-order chi connectivity index (χ1) is 20.3. The average molecular weight is 702 g/mol. The van der Waals surface area contributed by atoms with Crippen LogP contribution in [-0.4, -0.2) is 73.4 Å². The second-order valence-corrected chi connectivity index (χ2v) is 13.8. The van der Waals surface area contributed by atoms with E-state index < -0.39 is 44.5 Å². The summed E-state index contributed by atoms with van der Waals surface area (Å²) in [6.07, 6.45) is -2.39. The van der Waals surface area contributed by atoms with Gasteiger partial charge >= 0.3 is 16.3 Å². The van der Waals surface area contributed by atoms with Crippen LogP contribution in [0, 0.1) is 6.92 Å². The van der Waals surface area contributed by atoms with Gasteiger partial charge in [-0.15, -0.1) is 0 Å². The molecule has 0 aliphatic carbocycles. The van der Waals surface area contributed by atoms with Crippen LogP contribution in [-0.2, 0) is 20.2 Å². The van der Waals surface area contributed by atoms with Gasteiger partial charge in [-0.05, 0) is 62.2 Å². The van der Waals surface area contributed by atoms with Crippen molar-refractivity contribution in [1.29, 1.82) is 0 Å². The number of benzene rings is 2. The lowest BCUT2D eigenvalue weighted by molar-refractivity contribution is -0.130. The molecule has 0 saturated carbocycles. The van der Waals surface area contributed by atoms with E-state index in [-0.39, 0.29) is 16.5 Å². The first-order valence-electron chi connectivity index (χ1n) is 13.0. The Kier molecular flexibility index (Phi) is 11.7. The molecular formula is C26H29Cl2F3N4O7S2. The quantitative estimate of drug-likeness (QED) is 0.231. The summed E-state index contributed by atoms with van der Waals surface area (Å²) in [5.41, 5.74) is 5.07. The van der Waals surface area contributed by atoms with Crippen molar-refractivity contribution in [2.24, 2.45) is 0 Å². The minimum Gasteiger partial charge on any atom is -0.382 e. The SMILES string of the molecule is CS(=O)(=O)O.Cc1c(C(=O)NN2CCCCC2)nn(-c2ccc(Cl)cc2Cl)c1-c1ccc(OS(=O)(=O)CCC(F)(F)F)cc1. The topological polar surface area (TPSA) is 148 Å². The number of rotatable bonds is 8. The van der Waals surface area contributed by atoms with Crippen molar-refractivity contribution in [3.05, 3.63) is 63.8 Å². The van der Waals surface area contributed by atoms with Gasteiger partial charge in [0, 0.05) is 29.2 Å². The predicted molar refractivity (Wildman–Crippen MR) is 159 cm³/mol. The normalized spacial score (nSPS) is 14.5. The summed E-state index contributed by atoms with van der Waals surface area (Å²) in [6.45, 7) is 3.18. The van der Waals surface area contributed by atoms with Crippen LogP contribution in [0.15, 0.2) is 42.5 Å². The Balaban J connectivity index is 0.000000978. The van der Waals surface area contributed by atoms with Gasteiger partial charge in [-0.25, -0.2) is 9.69 Å². The van der Waals surface area contributed by atoms with E-state index >= 15 is 0 Å². The van der Waals surface area contributed by atoms with Crippen molar-refractivity contribution in [2.45, 2.75) is 38.8 Å². The largest absolute Gasteiger partial charge is 0.390 e. The summed E-state index contributed by atoms with van der Waals surface area (Å²) in [5, 5.41) is 7.10.